The Labute approximate surface area is 98.4 Å². The van der Waals surface area contributed by atoms with E-state index in [4.69, 9.17) is 10.4 Å². The molecule has 1 aliphatic rings. The number of carboxylic acid groups (broad SMARTS) is 1. The number of hydrogen-bond donors (Lipinski definition) is 1. The van der Waals surface area contributed by atoms with Crippen molar-refractivity contribution >= 4 is 23.6 Å². The molecule has 88 valence electrons. The van der Waals surface area contributed by atoms with Crippen LogP contribution in [0, 0.1) is 16.7 Å². The molecule has 1 unspecified atom stereocenters. The SMILES string of the molecule is CC1(C(=O)O)CCN(C(=O)CSCC#N)C1. The summed E-state index contributed by atoms with van der Waals surface area (Å²) >= 11 is 1.26. The molecule has 1 amide bonds. The van der Waals surface area contributed by atoms with Crippen LogP contribution < -0.4 is 0 Å². The fraction of sp³-hybridized carbons (Fsp3) is 0.700. The largest absolute Gasteiger partial charge is 0.481 e. The van der Waals surface area contributed by atoms with E-state index in [-0.39, 0.29) is 24.0 Å². The number of carbonyl (C=O) groups is 2. The van der Waals surface area contributed by atoms with E-state index in [1.807, 2.05) is 6.07 Å². The lowest BCUT2D eigenvalue weighted by molar-refractivity contribution is -0.147. The number of thioether (sulfide) groups is 1. The van der Waals surface area contributed by atoms with Gasteiger partial charge >= 0.3 is 5.97 Å². The second kappa shape index (κ2) is 5.21. The summed E-state index contributed by atoms with van der Waals surface area (Å²) in [5.74, 6) is -0.392. The summed E-state index contributed by atoms with van der Waals surface area (Å²) in [6.07, 6.45) is 0.497. The fourth-order valence-corrected chi connectivity index (χ4v) is 2.17. The van der Waals surface area contributed by atoms with Crippen LogP contribution >= 0.6 is 11.8 Å². The summed E-state index contributed by atoms with van der Waals surface area (Å²) in [7, 11) is 0. The molecule has 1 saturated heterocycles. The first kappa shape index (κ1) is 12.8. The van der Waals surface area contributed by atoms with E-state index in [2.05, 4.69) is 0 Å². The smallest absolute Gasteiger partial charge is 0.311 e. The third kappa shape index (κ3) is 2.89. The third-order valence-electron chi connectivity index (χ3n) is 2.73. The minimum Gasteiger partial charge on any atom is -0.481 e. The van der Waals surface area contributed by atoms with Crippen LogP contribution in [0.5, 0.6) is 0 Å². The highest BCUT2D eigenvalue weighted by Gasteiger charge is 2.41. The summed E-state index contributed by atoms with van der Waals surface area (Å²) in [5.41, 5.74) is -0.810. The van der Waals surface area contributed by atoms with Gasteiger partial charge in [0.25, 0.3) is 0 Å². The van der Waals surface area contributed by atoms with Crippen molar-refractivity contribution in [1.82, 2.24) is 4.90 Å². The molecule has 1 aliphatic heterocycles. The highest BCUT2D eigenvalue weighted by Crippen LogP contribution is 2.30. The average molecular weight is 242 g/mol. The molecule has 1 rings (SSSR count). The molecule has 1 N–H and O–H groups in total. The molecule has 0 saturated carbocycles. The van der Waals surface area contributed by atoms with Gasteiger partial charge in [-0.05, 0) is 13.3 Å². The van der Waals surface area contributed by atoms with E-state index in [0.29, 0.717) is 13.0 Å². The van der Waals surface area contributed by atoms with Gasteiger partial charge in [-0.3, -0.25) is 9.59 Å². The molecule has 0 aliphatic carbocycles. The molecule has 0 aromatic rings. The van der Waals surface area contributed by atoms with Crippen molar-refractivity contribution in [1.29, 1.82) is 5.26 Å². The molecule has 0 spiro atoms. The van der Waals surface area contributed by atoms with Crippen LogP contribution in [0.15, 0.2) is 0 Å². The Kier molecular flexibility index (Phi) is 4.19. The lowest BCUT2D eigenvalue weighted by Crippen LogP contribution is -2.35. The van der Waals surface area contributed by atoms with E-state index < -0.39 is 11.4 Å². The summed E-state index contributed by atoms with van der Waals surface area (Å²) < 4.78 is 0. The lowest BCUT2D eigenvalue weighted by atomic mass is 9.90. The van der Waals surface area contributed by atoms with Crippen molar-refractivity contribution in [2.75, 3.05) is 24.6 Å². The van der Waals surface area contributed by atoms with Gasteiger partial charge in [-0.1, -0.05) is 0 Å². The third-order valence-corrected chi connectivity index (χ3v) is 3.52. The Morgan fingerprint density at radius 3 is 2.81 bits per heavy atom. The maximum Gasteiger partial charge on any atom is 0.311 e. The number of amides is 1. The first-order valence-electron chi connectivity index (χ1n) is 4.95. The summed E-state index contributed by atoms with van der Waals surface area (Å²) in [6, 6.07) is 1.95. The number of nitriles is 1. The summed E-state index contributed by atoms with van der Waals surface area (Å²) in [5, 5.41) is 17.3. The van der Waals surface area contributed by atoms with Crippen LogP contribution in [-0.2, 0) is 9.59 Å². The van der Waals surface area contributed by atoms with E-state index in [1.165, 1.54) is 11.8 Å². The summed E-state index contributed by atoms with van der Waals surface area (Å²) in [6.45, 7) is 2.42. The minimum atomic E-state index is -0.854. The van der Waals surface area contributed by atoms with Crippen LogP contribution in [0.25, 0.3) is 0 Å². The highest BCUT2D eigenvalue weighted by atomic mass is 32.2. The number of likely N-dealkylation sites (tertiary alicyclic amines) is 1. The van der Waals surface area contributed by atoms with Gasteiger partial charge in [0, 0.05) is 13.1 Å². The van der Waals surface area contributed by atoms with Crippen molar-refractivity contribution in [3.8, 4) is 6.07 Å². The predicted molar refractivity (Wildman–Crippen MR) is 59.9 cm³/mol. The zero-order valence-electron chi connectivity index (χ0n) is 9.10. The number of nitrogens with zero attached hydrogens (tertiary/aromatic N) is 2. The summed E-state index contributed by atoms with van der Waals surface area (Å²) in [4.78, 5) is 24.2. The van der Waals surface area contributed by atoms with E-state index >= 15 is 0 Å². The van der Waals surface area contributed by atoms with Crippen LogP contribution in [0.3, 0.4) is 0 Å². The molecular weight excluding hydrogens is 228 g/mol. The quantitative estimate of drug-likeness (QED) is 0.729. The van der Waals surface area contributed by atoms with Crippen molar-refractivity contribution in [3.05, 3.63) is 0 Å². The Hall–Kier alpha value is -1.22. The maximum atomic E-state index is 11.6. The topological polar surface area (TPSA) is 81.4 Å². The van der Waals surface area contributed by atoms with Crippen LogP contribution in [0.2, 0.25) is 0 Å². The number of carbonyl (C=O) groups excluding carboxylic acids is 1. The monoisotopic (exact) mass is 242 g/mol. The first-order chi connectivity index (χ1) is 7.49. The molecule has 0 radical (unpaired) electrons. The van der Waals surface area contributed by atoms with E-state index in [0.717, 1.165) is 0 Å². The molecule has 16 heavy (non-hydrogen) atoms. The number of rotatable bonds is 4. The molecule has 0 bridgehead atoms. The van der Waals surface area contributed by atoms with Crippen LogP contribution in [-0.4, -0.2) is 46.5 Å². The van der Waals surface area contributed by atoms with E-state index in [1.54, 1.807) is 11.8 Å². The molecule has 5 nitrogen and oxygen atoms in total. The second-order valence-corrected chi connectivity index (χ2v) is 5.07. The predicted octanol–water partition coefficient (Wildman–Crippen LogP) is 0.566. The second-order valence-electron chi connectivity index (χ2n) is 4.08. The number of hydrogen-bond acceptors (Lipinski definition) is 4. The van der Waals surface area contributed by atoms with Gasteiger partial charge in [0.15, 0.2) is 0 Å². The maximum absolute atomic E-state index is 11.6. The average Bonchev–Trinajstić information content (AvgIpc) is 2.63. The van der Waals surface area contributed by atoms with Gasteiger partial charge in [0.05, 0.1) is 23.0 Å². The number of carboxylic acids is 1. The molecular formula is C10H14N2O3S. The molecule has 0 aromatic carbocycles. The van der Waals surface area contributed by atoms with Crippen LogP contribution in [0.1, 0.15) is 13.3 Å². The zero-order valence-corrected chi connectivity index (χ0v) is 9.92. The van der Waals surface area contributed by atoms with Gasteiger partial charge in [0.2, 0.25) is 5.91 Å². The fourth-order valence-electron chi connectivity index (χ4n) is 1.62. The van der Waals surface area contributed by atoms with Gasteiger partial charge in [0.1, 0.15) is 0 Å². The molecule has 1 atom stereocenters. The van der Waals surface area contributed by atoms with Gasteiger partial charge in [-0.15, -0.1) is 11.8 Å². The molecule has 1 heterocycles. The van der Waals surface area contributed by atoms with Gasteiger partial charge in [-0.25, -0.2) is 0 Å². The standard InChI is InChI=1S/C10H14N2O3S/c1-10(9(14)15)2-4-12(7-10)8(13)6-16-5-3-11/h2,4-7H2,1H3,(H,14,15). The normalized spacial score (nSPS) is 24.1. The molecule has 6 heteroatoms. The van der Waals surface area contributed by atoms with Gasteiger partial charge < -0.3 is 10.0 Å². The Bertz CT molecular complexity index is 339. The lowest BCUT2D eigenvalue weighted by Gasteiger charge is -2.19. The Morgan fingerprint density at radius 2 is 2.31 bits per heavy atom. The molecule has 0 aromatic heterocycles. The highest BCUT2D eigenvalue weighted by molar-refractivity contribution is 8.00. The Morgan fingerprint density at radius 1 is 1.62 bits per heavy atom. The first-order valence-corrected chi connectivity index (χ1v) is 6.11. The van der Waals surface area contributed by atoms with Crippen molar-refractivity contribution < 1.29 is 14.7 Å². The molecule has 1 fully saturated rings. The number of aliphatic carboxylic acids is 1. The zero-order chi connectivity index (χ0) is 12.2. The van der Waals surface area contributed by atoms with Crippen molar-refractivity contribution in [3.63, 3.8) is 0 Å². The van der Waals surface area contributed by atoms with E-state index in [9.17, 15) is 9.59 Å². The van der Waals surface area contributed by atoms with Crippen molar-refractivity contribution in [2.45, 2.75) is 13.3 Å². The Balaban J connectivity index is 2.44. The van der Waals surface area contributed by atoms with Crippen molar-refractivity contribution in [2.24, 2.45) is 5.41 Å². The van der Waals surface area contributed by atoms with Crippen LogP contribution in [0.4, 0.5) is 0 Å². The van der Waals surface area contributed by atoms with Gasteiger partial charge in [-0.2, -0.15) is 5.26 Å². The minimum absolute atomic E-state index is 0.0785.